The number of nitrogens with zero attached hydrogens (tertiary/aromatic N) is 3. The second-order valence-corrected chi connectivity index (χ2v) is 6.95. The normalized spacial score (nSPS) is 11.1. The molecule has 2 aromatic heterocycles. The number of pyridine rings is 1. The predicted octanol–water partition coefficient (Wildman–Crippen LogP) is 5.22. The van der Waals surface area contributed by atoms with Crippen molar-refractivity contribution in [3.8, 4) is 5.69 Å². The van der Waals surface area contributed by atoms with E-state index in [-0.39, 0.29) is 16.4 Å². The van der Waals surface area contributed by atoms with E-state index in [1.165, 1.54) is 29.1 Å². The standard InChI is InChI=1S/C21H15ClF2N4O/c1-11-3-6-14(9-17(11)24)26-21(29)16-10-25-20-18(19(16)22)12(2)27-28(20)15-7-4-13(23)5-8-15/h3-10H,1-2H3,(H,26,29). The number of hydrogen-bond acceptors (Lipinski definition) is 3. The molecule has 0 saturated heterocycles. The molecule has 2 heterocycles. The summed E-state index contributed by atoms with van der Waals surface area (Å²) in [6.45, 7) is 3.38. The van der Waals surface area contributed by atoms with Crippen LogP contribution in [0, 0.1) is 25.5 Å². The number of nitrogens with one attached hydrogen (secondary N) is 1. The van der Waals surface area contributed by atoms with Crippen molar-refractivity contribution in [3.63, 3.8) is 0 Å². The zero-order valence-corrected chi connectivity index (χ0v) is 16.3. The lowest BCUT2D eigenvalue weighted by molar-refractivity contribution is 0.102. The van der Waals surface area contributed by atoms with Crippen LogP contribution in [-0.2, 0) is 0 Å². The van der Waals surface area contributed by atoms with E-state index in [2.05, 4.69) is 15.4 Å². The van der Waals surface area contributed by atoms with E-state index >= 15 is 0 Å². The molecule has 1 N–H and O–H groups in total. The third-order valence-electron chi connectivity index (χ3n) is 4.55. The van der Waals surface area contributed by atoms with Crippen molar-refractivity contribution in [2.45, 2.75) is 13.8 Å². The molecule has 0 aliphatic carbocycles. The minimum absolute atomic E-state index is 0.141. The zero-order chi connectivity index (χ0) is 20.7. The average Bonchev–Trinajstić information content (AvgIpc) is 3.03. The fourth-order valence-electron chi connectivity index (χ4n) is 3.00. The number of carbonyl (C=O) groups excluding carboxylic acids is 1. The molecule has 0 radical (unpaired) electrons. The number of carbonyl (C=O) groups is 1. The minimum atomic E-state index is -0.512. The van der Waals surface area contributed by atoms with Crippen LogP contribution in [0.1, 0.15) is 21.6 Å². The highest BCUT2D eigenvalue weighted by Crippen LogP contribution is 2.30. The maximum atomic E-state index is 13.7. The number of halogens is 3. The Morgan fingerprint density at radius 2 is 1.83 bits per heavy atom. The molecule has 0 spiro atoms. The second kappa shape index (κ2) is 7.25. The lowest BCUT2D eigenvalue weighted by Crippen LogP contribution is -2.13. The van der Waals surface area contributed by atoms with Crippen LogP contribution in [0.25, 0.3) is 16.7 Å². The van der Waals surface area contributed by atoms with Gasteiger partial charge in [0.15, 0.2) is 5.65 Å². The van der Waals surface area contributed by atoms with E-state index in [1.54, 1.807) is 38.1 Å². The van der Waals surface area contributed by atoms with Gasteiger partial charge in [0, 0.05) is 11.9 Å². The van der Waals surface area contributed by atoms with Crippen molar-refractivity contribution >= 4 is 34.2 Å². The maximum absolute atomic E-state index is 13.7. The monoisotopic (exact) mass is 412 g/mol. The number of benzene rings is 2. The molecule has 146 valence electrons. The minimum Gasteiger partial charge on any atom is -0.322 e. The molecule has 0 aliphatic rings. The molecule has 0 saturated carbocycles. The predicted molar refractivity (Wildman–Crippen MR) is 108 cm³/mol. The number of aromatic nitrogens is 3. The van der Waals surface area contributed by atoms with Gasteiger partial charge >= 0.3 is 0 Å². The lowest BCUT2D eigenvalue weighted by Gasteiger charge is -2.09. The molecule has 29 heavy (non-hydrogen) atoms. The van der Waals surface area contributed by atoms with Gasteiger partial charge in [-0.05, 0) is 55.8 Å². The highest BCUT2D eigenvalue weighted by Gasteiger charge is 2.20. The van der Waals surface area contributed by atoms with Crippen LogP contribution >= 0.6 is 11.6 Å². The first kappa shape index (κ1) is 19.0. The van der Waals surface area contributed by atoms with Gasteiger partial charge in [-0.2, -0.15) is 5.10 Å². The molecule has 2 aromatic carbocycles. The molecule has 5 nitrogen and oxygen atoms in total. The van der Waals surface area contributed by atoms with Gasteiger partial charge in [0.2, 0.25) is 0 Å². The SMILES string of the molecule is Cc1ccc(NC(=O)c2cnc3c(c(C)nn3-c3ccc(F)cc3)c2Cl)cc1F. The third kappa shape index (κ3) is 3.45. The van der Waals surface area contributed by atoms with E-state index < -0.39 is 11.7 Å². The highest BCUT2D eigenvalue weighted by molar-refractivity contribution is 6.39. The number of hydrogen-bond donors (Lipinski definition) is 1. The van der Waals surface area contributed by atoms with Crippen LogP contribution in [0.15, 0.2) is 48.7 Å². The quantitative estimate of drug-likeness (QED) is 0.501. The summed E-state index contributed by atoms with van der Waals surface area (Å²) in [6, 6.07) is 10.2. The first-order valence-corrected chi connectivity index (χ1v) is 9.10. The fourth-order valence-corrected chi connectivity index (χ4v) is 3.35. The van der Waals surface area contributed by atoms with Crippen molar-refractivity contribution in [3.05, 3.63) is 82.1 Å². The van der Waals surface area contributed by atoms with Crippen molar-refractivity contribution < 1.29 is 13.6 Å². The average molecular weight is 413 g/mol. The largest absolute Gasteiger partial charge is 0.322 e. The van der Waals surface area contributed by atoms with E-state index in [0.29, 0.717) is 33.7 Å². The molecule has 0 fully saturated rings. The first-order valence-electron chi connectivity index (χ1n) is 8.72. The first-order chi connectivity index (χ1) is 13.8. The van der Waals surface area contributed by atoms with E-state index in [9.17, 15) is 13.6 Å². The Morgan fingerprint density at radius 1 is 1.10 bits per heavy atom. The van der Waals surface area contributed by atoms with Crippen LogP contribution < -0.4 is 5.32 Å². The number of anilines is 1. The summed E-state index contributed by atoms with van der Waals surface area (Å²) >= 11 is 6.50. The molecule has 8 heteroatoms. The number of amides is 1. The van der Waals surface area contributed by atoms with Crippen LogP contribution in [-0.4, -0.2) is 20.7 Å². The summed E-state index contributed by atoms with van der Waals surface area (Å²) in [5.41, 5.74) is 2.55. The topological polar surface area (TPSA) is 59.8 Å². The Morgan fingerprint density at radius 3 is 2.52 bits per heavy atom. The van der Waals surface area contributed by atoms with Gasteiger partial charge in [-0.15, -0.1) is 0 Å². The Kier molecular flexibility index (Phi) is 4.76. The number of aryl methyl sites for hydroxylation is 2. The van der Waals surface area contributed by atoms with Crippen molar-refractivity contribution in [2.24, 2.45) is 0 Å². The summed E-state index contributed by atoms with van der Waals surface area (Å²) in [4.78, 5) is 17.0. The Bertz CT molecular complexity index is 1250. The van der Waals surface area contributed by atoms with Crippen LogP contribution in [0.2, 0.25) is 5.02 Å². The molecule has 0 bridgehead atoms. The summed E-state index contributed by atoms with van der Waals surface area (Å²) in [5, 5.41) is 7.74. The summed E-state index contributed by atoms with van der Waals surface area (Å²) < 4.78 is 28.5. The highest BCUT2D eigenvalue weighted by atomic mass is 35.5. The molecule has 0 aliphatic heterocycles. The molecule has 0 unspecified atom stereocenters. The molecule has 4 aromatic rings. The van der Waals surface area contributed by atoms with Gasteiger partial charge in [-0.1, -0.05) is 17.7 Å². The van der Waals surface area contributed by atoms with Gasteiger partial charge in [-0.25, -0.2) is 18.4 Å². The second-order valence-electron chi connectivity index (χ2n) is 6.58. The molecular formula is C21H15ClF2N4O. The van der Waals surface area contributed by atoms with E-state index in [4.69, 9.17) is 11.6 Å². The summed E-state index contributed by atoms with van der Waals surface area (Å²) in [5.74, 6) is -1.29. The summed E-state index contributed by atoms with van der Waals surface area (Å²) in [7, 11) is 0. The lowest BCUT2D eigenvalue weighted by atomic mass is 10.1. The van der Waals surface area contributed by atoms with Crippen molar-refractivity contribution in [1.82, 2.24) is 14.8 Å². The van der Waals surface area contributed by atoms with Gasteiger partial charge in [0.1, 0.15) is 11.6 Å². The van der Waals surface area contributed by atoms with Crippen molar-refractivity contribution in [1.29, 1.82) is 0 Å². The van der Waals surface area contributed by atoms with E-state index in [0.717, 1.165) is 0 Å². The van der Waals surface area contributed by atoms with Crippen molar-refractivity contribution in [2.75, 3.05) is 5.32 Å². The smallest absolute Gasteiger partial charge is 0.258 e. The van der Waals surface area contributed by atoms with Gasteiger partial charge < -0.3 is 5.32 Å². The summed E-state index contributed by atoms with van der Waals surface area (Å²) in [6.07, 6.45) is 1.34. The number of fused-ring (bicyclic) bond motifs is 1. The number of rotatable bonds is 3. The van der Waals surface area contributed by atoms with E-state index in [1.807, 2.05) is 0 Å². The Balaban J connectivity index is 1.74. The molecular weight excluding hydrogens is 398 g/mol. The zero-order valence-electron chi connectivity index (χ0n) is 15.5. The van der Waals surface area contributed by atoms with Gasteiger partial charge in [0.05, 0.1) is 27.4 Å². The molecule has 4 rings (SSSR count). The Hall–Kier alpha value is -3.32. The molecule has 1 amide bonds. The van der Waals surface area contributed by atoms with Gasteiger partial charge in [-0.3, -0.25) is 4.79 Å². The molecule has 0 atom stereocenters. The third-order valence-corrected chi connectivity index (χ3v) is 4.95. The fraction of sp³-hybridized carbons (Fsp3) is 0.0952. The Labute approximate surface area is 169 Å². The van der Waals surface area contributed by atoms with Gasteiger partial charge in [0.25, 0.3) is 5.91 Å². The maximum Gasteiger partial charge on any atom is 0.258 e. The van der Waals surface area contributed by atoms with Crippen LogP contribution in [0.3, 0.4) is 0 Å². The van der Waals surface area contributed by atoms with Crippen LogP contribution in [0.5, 0.6) is 0 Å². The van der Waals surface area contributed by atoms with Crippen LogP contribution in [0.4, 0.5) is 14.5 Å².